The minimum absolute atomic E-state index is 0.0993. The van der Waals surface area contributed by atoms with Crippen molar-refractivity contribution >= 4 is 21.8 Å². The predicted molar refractivity (Wildman–Crippen MR) is 72.1 cm³/mol. The van der Waals surface area contributed by atoms with Crippen molar-refractivity contribution in [3.63, 3.8) is 0 Å². The molecule has 0 aliphatic carbocycles. The van der Waals surface area contributed by atoms with E-state index < -0.39 is 0 Å². The van der Waals surface area contributed by atoms with Crippen molar-refractivity contribution in [2.24, 2.45) is 0 Å². The van der Waals surface area contributed by atoms with E-state index in [1.165, 1.54) is 0 Å². The molecule has 0 saturated heterocycles. The summed E-state index contributed by atoms with van der Waals surface area (Å²) >= 11 is 3.36. The second-order valence-corrected chi connectivity index (χ2v) is 5.04. The van der Waals surface area contributed by atoms with Crippen LogP contribution in [0.2, 0.25) is 0 Å². The summed E-state index contributed by atoms with van der Waals surface area (Å²) < 4.78 is 0.899. The number of benzene rings is 1. The van der Waals surface area contributed by atoms with E-state index in [-0.39, 0.29) is 12.0 Å². The van der Waals surface area contributed by atoms with Crippen LogP contribution >= 0.6 is 15.9 Å². The largest absolute Gasteiger partial charge is 0.393 e. The molecule has 1 amide bonds. The number of hydrogen-bond donors (Lipinski definition) is 2. The van der Waals surface area contributed by atoms with Crippen molar-refractivity contribution in [1.29, 1.82) is 0 Å². The minimum atomic E-state index is -0.334. The molecule has 0 heterocycles. The smallest absolute Gasteiger partial charge is 0.251 e. The quantitative estimate of drug-likeness (QED) is 0.878. The number of carbonyl (C=O) groups is 1. The molecular weight excluding hydrogens is 282 g/mol. The summed E-state index contributed by atoms with van der Waals surface area (Å²) in [5, 5.41) is 12.2. The summed E-state index contributed by atoms with van der Waals surface area (Å²) in [5.74, 6) is -0.0993. The lowest BCUT2D eigenvalue weighted by Gasteiger charge is -2.09. The van der Waals surface area contributed by atoms with Gasteiger partial charge in [0.1, 0.15) is 0 Å². The standard InChI is InChI=1S/C13H18BrNO2/c1-3-12(16)4-5-15-13(17)10-6-9(2)7-11(14)8-10/h6-8,12,16H,3-5H2,1-2H3,(H,15,17). The Hall–Kier alpha value is -0.870. The molecule has 2 N–H and O–H groups in total. The fourth-order valence-corrected chi connectivity index (χ4v) is 2.13. The molecule has 1 atom stereocenters. The lowest BCUT2D eigenvalue weighted by atomic mass is 10.1. The maximum atomic E-state index is 11.8. The summed E-state index contributed by atoms with van der Waals surface area (Å²) in [4.78, 5) is 11.8. The Kier molecular flexibility index (Phi) is 5.65. The predicted octanol–water partition coefficient (Wildman–Crippen LogP) is 2.65. The lowest BCUT2D eigenvalue weighted by molar-refractivity contribution is 0.0942. The van der Waals surface area contributed by atoms with Crippen LogP contribution in [0, 0.1) is 6.92 Å². The monoisotopic (exact) mass is 299 g/mol. The van der Waals surface area contributed by atoms with Crippen LogP contribution in [0.5, 0.6) is 0 Å². The van der Waals surface area contributed by atoms with Crippen molar-refractivity contribution in [2.45, 2.75) is 32.8 Å². The van der Waals surface area contributed by atoms with Gasteiger partial charge in [0.15, 0.2) is 0 Å². The molecule has 1 unspecified atom stereocenters. The Labute approximate surface area is 110 Å². The molecule has 3 nitrogen and oxygen atoms in total. The third-order valence-electron chi connectivity index (χ3n) is 2.54. The van der Waals surface area contributed by atoms with Crippen LogP contribution in [0.1, 0.15) is 35.7 Å². The number of nitrogens with one attached hydrogen (secondary N) is 1. The van der Waals surface area contributed by atoms with Crippen LogP contribution in [0.25, 0.3) is 0 Å². The number of carbonyl (C=O) groups excluding carboxylic acids is 1. The average molecular weight is 300 g/mol. The summed E-state index contributed by atoms with van der Waals surface area (Å²) in [6.07, 6.45) is 0.973. The number of halogens is 1. The fourth-order valence-electron chi connectivity index (χ4n) is 1.53. The van der Waals surface area contributed by atoms with E-state index in [9.17, 15) is 9.90 Å². The van der Waals surface area contributed by atoms with Crippen molar-refractivity contribution in [3.05, 3.63) is 33.8 Å². The van der Waals surface area contributed by atoms with E-state index in [1.807, 2.05) is 26.0 Å². The highest BCUT2D eigenvalue weighted by atomic mass is 79.9. The van der Waals surface area contributed by atoms with Crippen LogP contribution in [-0.2, 0) is 0 Å². The molecule has 1 rings (SSSR count). The molecule has 4 heteroatoms. The molecule has 0 fully saturated rings. The van der Waals surface area contributed by atoms with Crippen molar-refractivity contribution in [1.82, 2.24) is 5.32 Å². The maximum Gasteiger partial charge on any atom is 0.251 e. The van der Waals surface area contributed by atoms with Gasteiger partial charge in [-0.3, -0.25) is 4.79 Å². The van der Waals surface area contributed by atoms with Gasteiger partial charge >= 0.3 is 0 Å². The number of aryl methyl sites for hydroxylation is 1. The van der Waals surface area contributed by atoms with E-state index in [0.717, 1.165) is 10.0 Å². The second kappa shape index (κ2) is 6.77. The molecule has 0 aliphatic rings. The zero-order valence-electron chi connectivity index (χ0n) is 10.2. The SMILES string of the molecule is CCC(O)CCNC(=O)c1cc(C)cc(Br)c1. The zero-order valence-corrected chi connectivity index (χ0v) is 11.8. The van der Waals surface area contributed by atoms with Gasteiger partial charge in [-0.25, -0.2) is 0 Å². The van der Waals surface area contributed by atoms with E-state index in [1.54, 1.807) is 6.07 Å². The van der Waals surface area contributed by atoms with Crippen LogP contribution < -0.4 is 5.32 Å². The highest BCUT2D eigenvalue weighted by Gasteiger charge is 2.07. The first-order valence-corrected chi connectivity index (χ1v) is 6.55. The van der Waals surface area contributed by atoms with Gasteiger partial charge in [0.05, 0.1) is 6.10 Å². The molecule has 17 heavy (non-hydrogen) atoms. The summed E-state index contributed by atoms with van der Waals surface area (Å²) in [7, 11) is 0. The van der Waals surface area contributed by atoms with Crippen LogP contribution in [0.3, 0.4) is 0 Å². The number of hydrogen-bond acceptors (Lipinski definition) is 2. The van der Waals surface area contributed by atoms with Crippen LogP contribution in [0.4, 0.5) is 0 Å². The Bertz CT molecular complexity index is 373. The molecule has 0 spiro atoms. The molecule has 0 bridgehead atoms. The van der Waals surface area contributed by atoms with E-state index in [2.05, 4.69) is 21.2 Å². The Morgan fingerprint density at radius 2 is 2.18 bits per heavy atom. The van der Waals surface area contributed by atoms with Crippen LogP contribution in [0.15, 0.2) is 22.7 Å². The topological polar surface area (TPSA) is 49.3 Å². The highest BCUT2D eigenvalue weighted by Crippen LogP contribution is 2.15. The molecule has 94 valence electrons. The zero-order chi connectivity index (χ0) is 12.8. The molecule has 1 aromatic rings. The first kappa shape index (κ1) is 14.2. The Morgan fingerprint density at radius 3 is 2.76 bits per heavy atom. The Morgan fingerprint density at radius 1 is 1.47 bits per heavy atom. The maximum absolute atomic E-state index is 11.8. The Balaban J connectivity index is 2.52. The number of amides is 1. The van der Waals surface area contributed by atoms with E-state index in [4.69, 9.17) is 0 Å². The van der Waals surface area contributed by atoms with Crippen molar-refractivity contribution < 1.29 is 9.90 Å². The second-order valence-electron chi connectivity index (χ2n) is 4.12. The molecular formula is C13H18BrNO2. The third kappa shape index (κ3) is 4.88. The minimum Gasteiger partial charge on any atom is -0.393 e. The summed E-state index contributed by atoms with van der Waals surface area (Å²) in [5.41, 5.74) is 1.68. The lowest BCUT2D eigenvalue weighted by Crippen LogP contribution is -2.27. The van der Waals surface area contributed by atoms with Crippen LogP contribution in [-0.4, -0.2) is 23.7 Å². The van der Waals surface area contributed by atoms with Gasteiger partial charge in [0, 0.05) is 16.6 Å². The number of aliphatic hydroxyl groups excluding tert-OH is 1. The normalized spacial score (nSPS) is 12.2. The van der Waals surface area contributed by atoms with Gasteiger partial charge in [-0.15, -0.1) is 0 Å². The van der Waals surface area contributed by atoms with Gasteiger partial charge in [0.25, 0.3) is 5.91 Å². The number of rotatable bonds is 5. The average Bonchev–Trinajstić information content (AvgIpc) is 2.27. The van der Waals surface area contributed by atoms with E-state index >= 15 is 0 Å². The van der Waals surface area contributed by atoms with E-state index in [0.29, 0.717) is 24.9 Å². The molecule has 1 aromatic carbocycles. The van der Waals surface area contributed by atoms with Gasteiger partial charge in [0.2, 0.25) is 0 Å². The first-order chi connectivity index (χ1) is 8.02. The van der Waals surface area contributed by atoms with Gasteiger partial charge in [-0.05, 0) is 43.5 Å². The summed E-state index contributed by atoms with van der Waals surface area (Å²) in [6.45, 7) is 4.37. The molecule has 0 aromatic heterocycles. The van der Waals surface area contributed by atoms with Gasteiger partial charge < -0.3 is 10.4 Å². The first-order valence-electron chi connectivity index (χ1n) is 5.76. The van der Waals surface area contributed by atoms with Crippen molar-refractivity contribution in [2.75, 3.05) is 6.54 Å². The number of aliphatic hydroxyl groups is 1. The summed E-state index contributed by atoms with van der Waals surface area (Å²) in [6, 6.07) is 5.59. The van der Waals surface area contributed by atoms with Gasteiger partial charge in [-0.1, -0.05) is 22.9 Å². The molecule has 0 aliphatic heterocycles. The van der Waals surface area contributed by atoms with Crippen molar-refractivity contribution in [3.8, 4) is 0 Å². The van der Waals surface area contributed by atoms with Gasteiger partial charge in [-0.2, -0.15) is 0 Å². The third-order valence-corrected chi connectivity index (χ3v) is 3.00. The highest BCUT2D eigenvalue weighted by molar-refractivity contribution is 9.10. The molecule has 0 saturated carbocycles. The molecule has 0 radical (unpaired) electrons. The fraction of sp³-hybridized carbons (Fsp3) is 0.462.